The van der Waals surface area contributed by atoms with Crippen molar-refractivity contribution in [2.45, 2.75) is 39.2 Å². The molecule has 5 heteroatoms. The molecule has 0 fully saturated rings. The van der Waals surface area contributed by atoms with Gasteiger partial charge in [-0.2, -0.15) is 0 Å². The number of nitrogens with two attached hydrogens (primary N) is 1. The lowest BCUT2D eigenvalue weighted by molar-refractivity contribution is 0.295. The molecule has 3 rings (SSSR count). The smallest absolute Gasteiger partial charge is 0.168 e. The zero-order chi connectivity index (χ0) is 16.1. The van der Waals surface area contributed by atoms with Gasteiger partial charge in [0.15, 0.2) is 5.82 Å². The average Bonchev–Trinajstić information content (AvgIpc) is 3.02. The third kappa shape index (κ3) is 3.99. The second-order valence-corrected chi connectivity index (χ2v) is 5.94. The van der Waals surface area contributed by atoms with E-state index < -0.39 is 0 Å². The standard InChI is InChI=1S/C18H24N4O/c1-13-5-2-6-14(11-13)23-12-17-21-16-8-3-7-15(16)18(22-17)20-10-4-9-19/h2,5-6,11H,3-4,7-10,12,19H2,1H3,(H,20,21,22). The lowest BCUT2D eigenvalue weighted by Crippen LogP contribution is -2.13. The molecule has 23 heavy (non-hydrogen) atoms. The van der Waals surface area contributed by atoms with Gasteiger partial charge in [0.25, 0.3) is 0 Å². The van der Waals surface area contributed by atoms with Gasteiger partial charge in [0, 0.05) is 17.8 Å². The number of anilines is 1. The Labute approximate surface area is 137 Å². The van der Waals surface area contributed by atoms with Crippen LogP contribution in [0.3, 0.4) is 0 Å². The van der Waals surface area contributed by atoms with Gasteiger partial charge in [0.2, 0.25) is 0 Å². The number of fused-ring (bicyclic) bond motifs is 1. The molecule has 1 aliphatic rings. The Balaban J connectivity index is 1.73. The molecular weight excluding hydrogens is 288 g/mol. The van der Waals surface area contributed by atoms with E-state index in [2.05, 4.69) is 28.3 Å². The summed E-state index contributed by atoms with van der Waals surface area (Å²) in [7, 11) is 0. The molecule has 0 spiro atoms. The highest BCUT2D eigenvalue weighted by Gasteiger charge is 2.19. The van der Waals surface area contributed by atoms with Gasteiger partial charge >= 0.3 is 0 Å². The van der Waals surface area contributed by atoms with Gasteiger partial charge in [0.05, 0.1) is 0 Å². The summed E-state index contributed by atoms with van der Waals surface area (Å²) in [4.78, 5) is 9.34. The van der Waals surface area contributed by atoms with Crippen molar-refractivity contribution >= 4 is 5.82 Å². The van der Waals surface area contributed by atoms with E-state index in [0.29, 0.717) is 13.2 Å². The van der Waals surface area contributed by atoms with E-state index in [1.807, 2.05) is 18.2 Å². The molecule has 0 radical (unpaired) electrons. The molecule has 0 bridgehead atoms. The molecule has 2 aromatic rings. The van der Waals surface area contributed by atoms with Crippen LogP contribution < -0.4 is 15.8 Å². The lowest BCUT2D eigenvalue weighted by atomic mass is 10.2. The molecule has 0 aliphatic heterocycles. The van der Waals surface area contributed by atoms with Crippen LogP contribution in [-0.4, -0.2) is 23.1 Å². The summed E-state index contributed by atoms with van der Waals surface area (Å²) in [6, 6.07) is 8.03. The van der Waals surface area contributed by atoms with Crippen LogP contribution in [0.4, 0.5) is 5.82 Å². The molecule has 0 saturated carbocycles. The Morgan fingerprint density at radius 3 is 3.00 bits per heavy atom. The molecule has 0 atom stereocenters. The van der Waals surface area contributed by atoms with Crippen LogP contribution >= 0.6 is 0 Å². The van der Waals surface area contributed by atoms with Gasteiger partial charge in [0.1, 0.15) is 18.2 Å². The highest BCUT2D eigenvalue weighted by molar-refractivity contribution is 5.48. The number of nitrogens with one attached hydrogen (secondary N) is 1. The van der Waals surface area contributed by atoms with E-state index >= 15 is 0 Å². The topological polar surface area (TPSA) is 73.1 Å². The van der Waals surface area contributed by atoms with Gasteiger partial charge < -0.3 is 15.8 Å². The number of ether oxygens (including phenoxy) is 1. The van der Waals surface area contributed by atoms with E-state index in [1.54, 1.807) is 0 Å². The molecule has 5 nitrogen and oxygen atoms in total. The molecule has 0 amide bonds. The summed E-state index contributed by atoms with van der Waals surface area (Å²) in [5, 5.41) is 3.41. The third-order valence-electron chi connectivity index (χ3n) is 4.01. The van der Waals surface area contributed by atoms with Crippen LogP contribution in [-0.2, 0) is 19.4 Å². The van der Waals surface area contributed by atoms with Crippen LogP contribution in [0.1, 0.15) is 35.5 Å². The summed E-state index contributed by atoms with van der Waals surface area (Å²) in [5.41, 5.74) is 9.18. The monoisotopic (exact) mass is 312 g/mol. The van der Waals surface area contributed by atoms with Crippen LogP contribution in [0, 0.1) is 6.92 Å². The van der Waals surface area contributed by atoms with Crippen molar-refractivity contribution in [1.82, 2.24) is 9.97 Å². The maximum absolute atomic E-state index is 5.84. The van der Waals surface area contributed by atoms with Gasteiger partial charge in [-0.3, -0.25) is 0 Å². The van der Waals surface area contributed by atoms with Gasteiger partial charge in [-0.05, 0) is 56.8 Å². The maximum Gasteiger partial charge on any atom is 0.168 e. The predicted molar refractivity (Wildman–Crippen MR) is 91.7 cm³/mol. The van der Waals surface area contributed by atoms with Crippen molar-refractivity contribution in [2.75, 3.05) is 18.4 Å². The minimum absolute atomic E-state index is 0.391. The summed E-state index contributed by atoms with van der Waals surface area (Å²) in [6.45, 7) is 3.97. The molecular formula is C18H24N4O. The van der Waals surface area contributed by atoms with Gasteiger partial charge in [-0.25, -0.2) is 9.97 Å². The lowest BCUT2D eigenvalue weighted by Gasteiger charge is -2.12. The molecule has 122 valence electrons. The SMILES string of the molecule is Cc1cccc(OCc2nc3c(c(NCCCN)n2)CCC3)c1. The van der Waals surface area contributed by atoms with Crippen LogP contribution in [0.2, 0.25) is 0 Å². The zero-order valence-electron chi connectivity index (χ0n) is 13.6. The number of rotatable bonds is 7. The first-order chi connectivity index (χ1) is 11.3. The minimum Gasteiger partial charge on any atom is -0.486 e. The van der Waals surface area contributed by atoms with Gasteiger partial charge in [-0.15, -0.1) is 0 Å². The third-order valence-corrected chi connectivity index (χ3v) is 4.01. The van der Waals surface area contributed by atoms with Crippen molar-refractivity contribution in [3.8, 4) is 5.75 Å². The Morgan fingerprint density at radius 1 is 1.26 bits per heavy atom. The summed E-state index contributed by atoms with van der Waals surface area (Å²) < 4.78 is 5.84. The van der Waals surface area contributed by atoms with Crippen molar-refractivity contribution in [3.63, 3.8) is 0 Å². The fourth-order valence-electron chi connectivity index (χ4n) is 2.86. The summed E-state index contributed by atoms with van der Waals surface area (Å²) in [5.74, 6) is 2.55. The largest absolute Gasteiger partial charge is 0.486 e. The molecule has 1 aromatic heterocycles. The fourth-order valence-corrected chi connectivity index (χ4v) is 2.86. The molecule has 1 aromatic carbocycles. The summed E-state index contributed by atoms with van der Waals surface area (Å²) in [6.07, 6.45) is 4.17. The predicted octanol–water partition coefficient (Wildman–Crippen LogP) is 2.61. The Kier molecular flexibility index (Phi) is 5.08. The average molecular weight is 312 g/mol. The van der Waals surface area contributed by atoms with Crippen molar-refractivity contribution < 1.29 is 4.74 Å². The van der Waals surface area contributed by atoms with E-state index in [1.165, 1.54) is 11.1 Å². The Hall–Kier alpha value is -2.14. The van der Waals surface area contributed by atoms with E-state index in [-0.39, 0.29) is 0 Å². The Bertz CT molecular complexity index is 672. The van der Waals surface area contributed by atoms with Crippen LogP contribution in [0.25, 0.3) is 0 Å². The van der Waals surface area contributed by atoms with Crippen LogP contribution in [0.5, 0.6) is 5.75 Å². The first kappa shape index (κ1) is 15.7. The molecule has 0 saturated heterocycles. The van der Waals surface area contributed by atoms with Crippen molar-refractivity contribution in [3.05, 3.63) is 46.9 Å². The zero-order valence-corrected chi connectivity index (χ0v) is 13.6. The number of nitrogens with zero attached hydrogens (tertiary/aromatic N) is 2. The number of aryl methyl sites for hydroxylation is 2. The first-order valence-corrected chi connectivity index (χ1v) is 8.28. The molecule has 1 aliphatic carbocycles. The summed E-state index contributed by atoms with van der Waals surface area (Å²) >= 11 is 0. The van der Waals surface area contributed by atoms with Gasteiger partial charge in [-0.1, -0.05) is 12.1 Å². The minimum atomic E-state index is 0.391. The number of benzene rings is 1. The molecule has 1 heterocycles. The maximum atomic E-state index is 5.84. The first-order valence-electron chi connectivity index (χ1n) is 8.28. The normalized spacial score (nSPS) is 13.0. The molecule has 3 N–H and O–H groups in total. The fraction of sp³-hybridized carbons (Fsp3) is 0.444. The number of aromatic nitrogens is 2. The van der Waals surface area contributed by atoms with E-state index in [0.717, 1.165) is 55.3 Å². The van der Waals surface area contributed by atoms with E-state index in [4.69, 9.17) is 10.5 Å². The van der Waals surface area contributed by atoms with Crippen molar-refractivity contribution in [2.24, 2.45) is 5.73 Å². The highest BCUT2D eigenvalue weighted by Crippen LogP contribution is 2.26. The van der Waals surface area contributed by atoms with Crippen LogP contribution in [0.15, 0.2) is 24.3 Å². The number of hydrogen-bond acceptors (Lipinski definition) is 5. The quantitative estimate of drug-likeness (QED) is 0.769. The highest BCUT2D eigenvalue weighted by atomic mass is 16.5. The van der Waals surface area contributed by atoms with E-state index in [9.17, 15) is 0 Å². The second kappa shape index (κ2) is 7.42. The molecule has 0 unspecified atom stereocenters. The second-order valence-electron chi connectivity index (χ2n) is 5.94. The number of hydrogen-bond donors (Lipinski definition) is 2. The van der Waals surface area contributed by atoms with Crippen molar-refractivity contribution in [1.29, 1.82) is 0 Å². The Morgan fingerprint density at radius 2 is 2.17 bits per heavy atom.